The molecular weight excluding hydrogens is 364 g/mol. The molecule has 1 aromatic rings. The third-order valence-electron chi connectivity index (χ3n) is 4.36. The van der Waals surface area contributed by atoms with Crippen LogP contribution in [-0.2, 0) is 14.8 Å². The van der Waals surface area contributed by atoms with Gasteiger partial charge in [-0.1, -0.05) is 37.3 Å². The van der Waals surface area contributed by atoms with E-state index in [4.69, 9.17) is 16.3 Å². The van der Waals surface area contributed by atoms with Crippen molar-refractivity contribution in [3.63, 3.8) is 0 Å². The van der Waals surface area contributed by atoms with E-state index in [1.807, 2.05) is 0 Å². The number of carbonyl (C=O) groups is 1. The van der Waals surface area contributed by atoms with Gasteiger partial charge in [-0.3, -0.25) is 4.79 Å². The molecule has 25 heavy (non-hydrogen) atoms. The van der Waals surface area contributed by atoms with Crippen LogP contribution in [0.2, 0.25) is 5.02 Å². The first kappa shape index (κ1) is 20.0. The van der Waals surface area contributed by atoms with E-state index in [1.165, 1.54) is 45.1 Å². The summed E-state index contributed by atoms with van der Waals surface area (Å²) in [6.07, 6.45) is 6.45. The van der Waals surface area contributed by atoms with Gasteiger partial charge in [0.25, 0.3) is 0 Å². The number of benzene rings is 1. The zero-order chi connectivity index (χ0) is 18.4. The molecule has 1 atom stereocenters. The Morgan fingerprint density at radius 1 is 1.24 bits per heavy atom. The van der Waals surface area contributed by atoms with Gasteiger partial charge >= 0.3 is 0 Å². The topological polar surface area (TPSA) is 84.5 Å². The molecule has 0 bridgehead atoms. The second-order valence-electron chi connectivity index (χ2n) is 6.34. The van der Waals surface area contributed by atoms with E-state index < -0.39 is 16.1 Å². The maximum absolute atomic E-state index is 12.5. The molecule has 1 aliphatic carbocycles. The fourth-order valence-corrected chi connectivity index (χ4v) is 4.47. The largest absolute Gasteiger partial charge is 0.495 e. The van der Waals surface area contributed by atoms with Crippen LogP contribution in [-0.4, -0.2) is 33.5 Å². The van der Waals surface area contributed by atoms with Crippen LogP contribution in [0.5, 0.6) is 5.75 Å². The summed E-state index contributed by atoms with van der Waals surface area (Å²) in [5.41, 5.74) is 0. The summed E-state index contributed by atoms with van der Waals surface area (Å²) in [6, 6.07) is 3.43. The van der Waals surface area contributed by atoms with Crippen molar-refractivity contribution < 1.29 is 17.9 Å². The number of ether oxygens (including phenoxy) is 1. The highest BCUT2D eigenvalue weighted by Gasteiger charge is 2.24. The number of sulfonamides is 1. The van der Waals surface area contributed by atoms with Gasteiger partial charge in [-0.2, -0.15) is 4.72 Å². The summed E-state index contributed by atoms with van der Waals surface area (Å²) >= 11 is 5.98. The lowest BCUT2D eigenvalue weighted by Gasteiger charge is -2.20. The van der Waals surface area contributed by atoms with Crippen molar-refractivity contribution >= 4 is 27.5 Å². The molecule has 1 amide bonds. The van der Waals surface area contributed by atoms with Gasteiger partial charge < -0.3 is 10.1 Å². The molecule has 1 fully saturated rings. The summed E-state index contributed by atoms with van der Waals surface area (Å²) in [7, 11) is -2.40. The van der Waals surface area contributed by atoms with Crippen LogP contribution in [0.3, 0.4) is 0 Å². The zero-order valence-corrected chi connectivity index (χ0v) is 16.1. The maximum Gasteiger partial charge on any atom is 0.241 e. The van der Waals surface area contributed by atoms with E-state index in [1.54, 1.807) is 0 Å². The summed E-state index contributed by atoms with van der Waals surface area (Å²) in [5.74, 6) is 0.0786. The molecule has 1 aliphatic rings. The van der Waals surface area contributed by atoms with E-state index in [2.05, 4.69) is 10.0 Å². The Bertz CT molecular complexity index is 701. The number of nitrogens with one attached hydrogen (secondary N) is 2. The SMILES string of the molecule is COc1ccc(S(=O)(=O)N[C@H](C)C(=O)NC2CCCCCC2)cc1Cl. The molecule has 0 saturated heterocycles. The van der Waals surface area contributed by atoms with Crippen molar-refractivity contribution in [2.45, 2.75) is 62.4 Å². The minimum atomic E-state index is -3.85. The maximum atomic E-state index is 12.5. The van der Waals surface area contributed by atoms with Crippen LogP contribution in [0.1, 0.15) is 45.4 Å². The lowest BCUT2D eigenvalue weighted by Crippen LogP contribution is -2.47. The van der Waals surface area contributed by atoms with Gasteiger partial charge in [-0.25, -0.2) is 8.42 Å². The second kappa shape index (κ2) is 8.87. The number of rotatable bonds is 6. The summed E-state index contributed by atoms with van der Waals surface area (Å²) in [4.78, 5) is 12.3. The number of halogens is 1. The molecule has 2 N–H and O–H groups in total. The van der Waals surface area contributed by atoms with Crippen LogP contribution >= 0.6 is 11.6 Å². The average molecular weight is 389 g/mol. The first-order chi connectivity index (χ1) is 11.8. The molecule has 0 heterocycles. The molecular formula is C17H25ClN2O4S. The van der Waals surface area contributed by atoms with Crippen LogP contribution in [0.4, 0.5) is 0 Å². The third-order valence-corrected chi connectivity index (χ3v) is 6.19. The summed E-state index contributed by atoms with van der Waals surface area (Å²) in [5, 5.41) is 3.15. The Labute approximate surface area is 154 Å². The van der Waals surface area contributed by atoms with Gasteiger partial charge in [0.2, 0.25) is 15.9 Å². The number of amides is 1. The number of methoxy groups -OCH3 is 1. The van der Waals surface area contributed by atoms with Gasteiger partial charge in [0, 0.05) is 6.04 Å². The average Bonchev–Trinajstić information content (AvgIpc) is 2.83. The van der Waals surface area contributed by atoms with Gasteiger partial charge in [-0.05, 0) is 38.0 Å². The third kappa shape index (κ3) is 5.59. The fraction of sp³-hybridized carbons (Fsp3) is 0.588. The molecule has 1 aromatic carbocycles. The van der Waals surface area contributed by atoms with Gasteiger partial charge in [0.05, 0.1) is 23.1 Å². The smallest absolute Gasteiger partial charge is 0.241 e. The molecule has 2 rings (SSSR count). The van der Waals surface area contributed by atoms with E-state index in [9.17, 15) is 13.2 Å². The normalized spacial score (nSPS) is 17.6. The molecule has 0 unspecified atom stereocenters. The van der Waals surface area contributed by atoms with Crippen molar-refractivity contribution in [2.75, 3.05) is 7.11 Å². The van der Waals surface area contributed by atoms with Gasteiger partial charge in [0.1, 0.15) is 5.75 Å². The van der Waals surface area contributed by atoms with Crippen LogP contribution < -0.4 is 14.8 Å². The monoisotopic (exact) mass is 388 g/mol. The highest BCUT2D eigenvalue weighted by Crippen LogP contribution is 2.27. The van der Waals surface area contributed by atoms with Crippen LogP contribution in [0.25, 0.3) is 0 Å². The van der Waals surface area contributed by atoms with E-state index >= 15 is 0 Å². The van der Waals surface area contributed by atoms with Crippen molar-refractivity contribution in [3.8, 4) is 5.75 Å². The molecule has 8 heteroatoms. The molecule has 0 radical (unpaired) electrons. The predicted octanol–water partition coefficient (Wildman–Crippen LogP) is 2.85. The van der Waals surface area contributed by atoms with E-state index in [0.717, 1.165) is 25.7 Å². The van der Waals surface area contributed by atoms with Crippen molar-refractivity contribution in [1.29, 1.82) is 0 Å². The molecule has 0 aliphatic heterocycles. The Morgan fingerprint density at radius 2 is 1.88 bits per heavy atom. The number of hydrogen-bond acceptors (Lipinski definition) is 4. The minimum Gasteiger partial charge on any atom is -0.495 e. The quantitative estimate of drug-likeness (QED) is 0.734. The Hall–Kier alpha value is -1.31. The number of hydrogen-bond donors (Lipinski definition) is 2. The highest BCUT2D eigenvalue weighted by atomic mass is 35.5. The van der Waals surface area contributed by atoms with Gasteiger partial charge in [-0.15, -0.1) is 0 Å². The Balaban J connectivity index is 2.01. The summed E-state index contributed by atoms with van der Waals surface area (Å²) in [6.45, 7) is 1.54. The van der Waals surface area contributed by atoms with E-state index in [-0.39, 0.29) is 21.9 Å². The second-order valence-corrected chi connectivity index (χ2v) is 8.46. The minimum absolute atomic E-state index is 0.00702. The van der Waals surface area contributed by atoms with Crippen LogP contribution in [0, 0.1) is 0 Å². The highest BCUT2D eigenvalue weighted by molar-refractivity contribution is 7.89. The lowest BCUT2D eigenvalue weighted by atomic mass is 10.1. The van der Waals surface area contributed by atoms with E-state index in [0.29, 0.717) is 5.75 Å². The fourth-order valence-electron chi connectivity index (χ4n) is 2.92. The summed E-state index contributed by atoms with van der Waals surface area (Å²) < 4.78 is 32.3. The molecule has 140 valence electrons. The van der Waals surface area contributed by atoms with Crippen molar-refractivity contribution in [1.82, 2.24) is 10.0 Å². The standard InChI is InChI=1S/C17H25ClN2O4S/c1-12(17(21)19-13-7-5-3-4-6-8-13)20-25(22,23)14-9-10-16(24-2)15(18)11-14/h9-13,20H,3-8H2,1-2H3,(H,19,21)/t12-/m1/s1. The Kier molecular flexibility index (Phi) is 7.10. The molecule has 1 saturated carbocycles. The lowest BCUT2D eigenvalue weighted by molar-refractivity contribution is -0.123. The van der Waals surface area contributed by atoms with Crippen LogP contribution in [0.15, 0.2) is 23.1 Å². The molecule has 0 spiro atoms. The van der Waals surface area contributed by atoms with Gasteiger partial charge in [0.15, 0.2) is 0 Å². The van der Waals surface area contributed by atoms with Crippen molar-refractivity contribution in [3.05, 3.63) is 23.2 Å². The Morgan fingerprint density at radius 3 is 2.44 bits per heavy atom. The zero-order valence-electron chi connectivity index (χ0n) is 14.5. The number of carbonyl (C=O) groups excluding carboxylic acids is 1. The first-order valence-corrected chi connectivity index (χ1v) is 10.4. The van der Waals surface area contributed by atoms with Crippen molar-refractivity contribution in [2.24, 2.45) is 0 Å². The predicted molar refractivity (Wildman–Crippen MR) is 97.4 cm³/mol. The first-order valence-electron chi connectivity index (χ1n) is 8.49. The molecule has 0 aromatic heterocycles. The molecule has 6 nitrogen and oxygen atoms in total.